The average molecular weight is 292 g/mol. The second kappa shape index (κ2) is 6.92. The lowest BCUT2D eigenvalue weighted by molar-refractivity contribution is 0.0696. The lowest BCUT2D eigenvalue weighted by atomic mass is 9.90. The monoisotopic (exact) mass is 292 g/mol. The molecule has 1 atom stereocenters. The third kappa shape index (κ3) is 4.73. The predicted molar refractivity (Wildman–Crippen MR) is 87.2 cm³/mol. The van der Waals surface area contributed by atoms with Gasteiger partial charge < -0.3 is 10.0 Å². The Morgan fingerprint density at radius 3 is 2.38 bits per heavy atom. The molecule has 0 aromatic carbocycles. The second-order valence-corrected chi connectivity index (χ2v) is 6.71. The molecule has 1 rings (SSSR count). The summed E-state index contributed by atoms with van der Waals surface area (Å²) in [5.74, 6) is 0.421. The number of pyridine rings is 1. The number of carbonyl (C=O) groups is 1. The number of rotatable bonds is 6. The minimum atomic E-state index is -0.899. The summed E-state index contributed by atoms with van der Waals surface area (Å²) >= 11 is 0. The summed E-state index contributed by atoms with van der Waals surface area (Å²) in [6, 6.07) is 3.37. The van der Waals surface area contributed by atoms with Crippen molar-refractivity contribution < 1.29 is 9.90 Å². The smallest absolute Gasteiger partial charge is 0.335 e. The molecule has 0 amide bonds. The Morgan fingerprint density at radius 1 is 1.33 bits per heavy atom. The minimum absolute atomic E-state index is 0.171. The standard InChI is InChI=1S/C17H28N2O2/c1-7-12(3)11-19(8-2)15-10-13(16(20)21)9-14(18-15)17(4,5)6/h9-10,12H,7-8,11H2,1-6H3,(H,20,21). The number of nitrogens with zero attached hydrogens (tertiary/aromatic N) is 2. The van der Waals surface area contributed by atoms with Crippen LogP contribution in [-0.4, -0.2) is 29.1 Å². The number of aromatic nitrogens is 1. The van der Waals surface area contributed by atoms with Crippen LogP contribution in [0.3, 0.4) is 0 Å². The molecule has 4 heteroatoms. The molecule has 1 aromatic rings. The summed E-state index contributed by atoms with van der Waals surface area (Å²) in [6.45, 7) is 14.3. The molecule has 1 N–H and O–H groups in total. The minimum Gasteiger partial charge on any atom is -0.478 e. The Bertz CT molecular complexity index is 492. The van der Waals surface area contributed by atoms with Crippen LogP contribution in [-0.2, 0) is 5.41 Å². The van der Waals surface area contributed by atoms with Crippen LogP contribution in [0.4, 0.5) is 5.82 Å². The lowest BCUT2D eigenvalue weighted by Crippen LogP contribution is -2.30. The van der Waals surface area contributed by atoms with E-state index in [1.165, 1.54) is 0 Å². The van der Waals surface area contributed by atoms with E-state index >= 15 is 0 Å². The Balaban J connectivity index is 3.26. The van der Waals surface area contributed by atoms with Gasteiger partial charge in [-0.15, -0.1) is 0 Å². The lowest BCUT2D eigenvalue weighted by Gasteiger charge is -2.27. The Morgan fingerprint density at radius 2 is 1.95 bits per heavy atom. The molecule has 0 aliphatic rings. The van der Waals surface area contributed by atoms with Crippen LogP contribution in [0.25, 0.3) is 0 Å². The Kier molecular flexibility index (Phi) is 5.76. The quantitative estimate of drug-likeness (QED) is 0.862. The van der Waals surface area contributed by atoms with Crippen molar-refractivity contribution in [3.63, 3.8) is 0 Å². The largest absolute Gasteiger partial charge is 0.478 e. The van der Waals surface area contributed by atoms with E-state index in [9.17, 15) is 9.90 Å². The third-order valence-electron chi connectivity index (χ3n) is 3.76. The number of anilines is 1. The first-order valence-corrected chi connectivity index (χ1v) is 7.69. The first-order chi connectivity index (χ1) is 9.68. The van der Waals surface area contributed by atoms with Gasteiger partial charge in [0.25, 0.3) is 0 Å². The fraction of sp³-hybridized carbons (Fsp3) is 0.647. The zero-order chi connectivity index (χ0) is 16.2. The van der Waals surface area contributed by atoms with Gasteiger partial charge in [0.15, 0.2) is 0 Å². The SMILES string of the molecule is CCC(C)CN(CC)c1cc(C(=O)O)cc(C(C)(C)C)n1. The van der Waals surface area contributed by atoms with Crippen LogP contribution in [0.2, 0.25) is 0 Å². The maximum Gasteiger partial charge on any atom is 0.335 e. The van der Waals surface area contributed by atoms with Crippen molar-refractivity contribution in [3.05, 3.63) is 23.4 Å². The molecule has 0 bridgehead atoms. The van der Waals surface area contributed by atoms with Crippen molar-refractivity contribution in [1.82, 2.24) is 4.98 Å². The fourth-order valence-corrected chi connectivity index (χ4v) is 2.08. The molecule has 1 heterocycles. The normalized spacial score (nSPS) is 13.0. The topological polar surface area (TPSA) is 53.4 Å². The van der Waals surface area contributed by atoms with Crippen LogP contribution in [0, 0.1) is 5.92 Å². The second-order valence-electron chi connectivity index (χ2n) is 6.71. The van der Waals surface area contributed by atoms with Gasteiger partial charge in [-0.1, -0.05) is 41.0 Å². The summed E-state index contributed by atoms with van der Waals surface area (Å²) < 4.78 is 0. The van der Waals surface area contributed by atoms with E-state index in [0.29, 0.717) is 11.5 Å². The highest BCUT2D eigenvalue weighted by molar-refractivity contribution is 5.88. The number of hydrogen-bond donors (Lipinski definition) is 1. The molecule has 0 saturated heterocycles. The maximum atomic E-state index is 11.4. The Labute approximate surface area is 128 Å². The first kappa shape index (κ1) is 17.5. The maximum absolute atomic E-state index is 11.4. The van der Waals surface area contributed by atoms with E-state index in [1.54, 1.807) is 12.1 Å². The average Bonchev–Trinajstić information content (AvgIpc) is 2.42. The van der Waals surface area contributed by atoms with E-state index in [4.69, 9.17) is 4.98 Å². The summed E-state index contributed by atoms with van der Waals surface area (Å²) in [7, 11) is 0. The predicted octanol–water partition coefficient (Wildman–Crippen LogP) is 3.95. The first-order valence-electron chi connectivity index (χ1n) is 7.69. The highest BCUT2D eigenvalue weighted by Gasteiger charge is 2.21. The van der Waals surface area contributed by atoms with Gasteiger partial charge in [0.1, 0.15) is 5.82 Å². The van der Waals surface area contributed by atoms with Gasteiger partial charge in [-0.2, -0.15) is 0 Å². The molecule has 0 saturated carbocycles. The summed E-state index contributed by atoms with van der Waals surface area (Å²) in [4.78, 5) is 18.2. The highest BCUT2D eigenvalue weighted by Crippen LogP contribution is 2.25. The molecule has 21 heavy (non-hydrogen) atoms. The van der Waals surface area contributed by atoms with Gasteiger partial charge in [0.05, 0.1) is 5.56 Å². The van der Waals surface area contributed by atoms with Crippen LogP contribution < -0.4 is 4.90 Å². The van der Waals surface area contributed by atoms with Gasteiger partial charge >= 0.3 is 5.97 Å². The van der Waals surface area contributed by atoms with Crippen LogP contribution in [0.15, 0.2) is 12.1 Å². The van der Waals surface area contributed by atoms with Crippen LogP contribution in [0.5, 0.6) is 0 Å². The van der Waals surface area contributed by atoms with E-state index in [-0.39, 0.29) is 5.41 Å². The zero-order valence-electron chi connectivity index (χ0n) is 14.1. The van der Waals surface area contributed by atoms with E-state index in [2.05, 4.69) is 46.4 Å². The van der Waals surface area contributed by atoms with Crippen molar-refractivity contribution in [1.29, 1.82) is 0 Å². The molecule has 4 nitrogen and oxygen atoms in total. The molecule has 0 aliphatic carbocycles. The van der Waals surface area contributed by atoms with Crippen LogP contribution in [0.1, 0.15) is 64.0 Å². The number of carboxylic acids is 1. The molecule has 0 fully saturated rings. The van der Waals surface area contributed by atoms with Crippen molar-refractivity contribution in [2.45, 2.75) is 53.4 Å². The summed E-state index contributed by atoms with van der Waals surface area (Å²) in [5, 5.41) is 9.34. The van der Waals surface area contributed by atoms with Crippen molar-refractivity contribution in [2.24, 2.45) is 5.92 Å². The number of aromatic carboxylic acids is 1. The fourth-order valence-electron chi connectivity index (χ4n) is 2.08. The number of hydrogen-bond acceptors (Lipinski definition) is 3. The van der Waals surface area contributed by atoms with Gasteiger partial charge in [-0.25, -0.2) is 9.78 Å². The molecule has 1 aromatic heterocycles. The highest BCUT2D eigenvalue weighted by atomic mass is 16.4. The zero-order valence-corrected chi connectivity index (χ0v) is 14.1. The van der Waals surface area contributed by atoms with Crippen molar-refractivity contribution in [2.75, 3.05) is 18.0 Å². The molecule has 1 unspecified atom stereocenters. The molecule has 0 spiro atoms. The molecule has 0 radical (unpaired) electrons. The molecular formula is C17H28N2O2. The third-order valence-corrected chi connectivity index (χ3v) is 3.76. The number of carboxylic acid groups (broad SMARTS) is 1. The summed E-state index contributed by atoms with van der Waals surface area (Å²) in [6.07, 6.45) is 1.10. The van der Waals surface area contributed by atoms with Crippen LogP contribution >= 0.6 is 0 Å². The Hall–Kier alpha value is -1.58. The van der Waals surface area contributed by atoms with E-state index in [1.807, 2.05) is 0 Å². The molecule has 0 aliphatic heterocycles. The van der Waals surface area contributed by atoms with E-state index < -0.39 is 5.97 Å². The summed E-state index contributed by atoms with van der Waals surface area (Å²) in [5.41, 5.74) is 0.961. The van der Waals surface area contributed by atoms with Crippen molar-refractivity contribution in [3.8, 4) is 0 Å². The molecule has 118 valence electrons. The van der Waals surface area contributed by atoms with Crippen molar-refractivity contribution >= 4 is 11.8 Å². The van der Waals surface area contributed by atoms with Gasteiger partial charge in [-0.3, -0.25) is 0 Å². The van der Waals surface area contributed by atoms with Gasteiger partial charge in [0, 0.05) is 24.2 Å². The van der Waals surface area contributed by atoms with Gasteiger partial charge in [0.2, 0.25) is 0 Å². The molecular weight excluding hydrogens is 264 g/mol. The van der Waals surface area contributed by atoms with E-state index in [0.717, 1.165) is 31.0 Å². The van der Waals surface area contributed by atoms with Gasteiger partial charge in [-0.05, 0) is 25.0 Å².